The second-order valence-corrected chi connectivity index (χ2v) is 7.92. The molecular formula is C28H18N2O2. The van der Waals surface area contributed by atoms with Crippen LogP contribution < -0.4 is 4.74 Å². The number of rotatable bonds is 2. The Kier molecular flexibility index (Phi) is 4.12. The number of benzene rings is 5. The summed E-state index contributed by atoms with van der Waals surface area (Å²) in [5, 5.41) is 4.41. The van der Waals surface area contributed by atoms with Crippen LogP contribution in [0.5, 0.6) is 5.75 Å². The summed E-state index contributed by atoms with van der Waals surface area (Å²) in [4.78, 5) is 22.6. The number of fused-ring (bicyclic) bond motifs is 7. The van der Waals surface area contributed by atoms with Crippen LogP contribution in [-0.4, -0.2) is 15.9 Å². The molecule has 1 aromatic heterocycles. The van der Waals surface area contributed by atoms with Gasteiger partial charge in [0.25, 0.3) is 0 Å². The molecule has 1 heterocycles. The second-order valence-electron chi connectivity index (χ2n) is 7.92. The zero-order valence-electron chi connectivity index (χ0n) is 17.4. The summed E-state index contributed by atoms with van der Waals surface area (Å²) in [6.07, 6.45) is 0. The summed E-state index contributed by atoms with van der Waals surface area (Å²) >= 11 is 0. The largest absolute Gasteiger partial charge is 0.423 e. The monoisotopic (exact) mass is 414 g/mol. The quantitative estimate of drug-likeness (QED) is 0.138. The third-order valence-electron chi connectivity index (χ3n) is 5.79. The van der Waals surface area contributed by atoms with E-state index >= 15 is 0 Å². The molecule has 0 bridgehead atoms. The van der Waals surface area contributed by atoms with E-state index in [1.807, 2.05) is 49.4 Å². The van der Waals surface area contributed by atoms with Crippen molar-refractivity contribution in [3.8, 4) is 5.75 Å². The Bertz CT molecular complexity index is 1670. The minimum absolute atomic E-state index is 0.416. The Morgan fingerprint density at radius 2 is 1.22 bits per heavy atom. The molecule has 5 aromatic carbocycles. The lowest BCUT2D eigenvalue weighted by molar-refractivity contribution is 0.0735. The zero-order chi connectivity index (χ0) is 21.7. The molecule has 4 heteroatoms. The highest BCUT2D eigenvalue weighted by molar-refractivity contribution is 6.23. The Morgan fingerprint density at radius 1 is 0.656 bits per heavy atom. The molecule has 0 fully saturated rings. The van der Waals surface area contributed by atoms with E-state index in [0.717, 1.165) is 43.7 Å². The predicted molar refractivity (Wildman–Crippen MR) is 128 cm³/mol. The minimum Gasteiger partial charge on any atom is -0.423 e. The van der Waals surface area contributed by atoms with E-state index in [9.17, 15) is 4.79 Å². The zero-order valence-corrected chi connectivity index (χ0v) is 17.4. The van der Waals surface area contributed by atoms with Crippen molar-refractivity contribution in [2.24, 2.45) is 0 Å². The molecule has 0 atom stereocenters. The third-order valence-corrected chi connectivity index (χ3v) is 5.79. The first-order chi connectivity index (χ1) is 15.7. The van der Waals surface area contributed by atoms with E-state index in [-0.39, 0.29) is 0 Å². The average Bonchev–Trinajstić information content (AvgIpc) is 2.84. The van der Waals surface area contributed by atoms with Gasteiger partial charge in [0, 0.05) is 10.8 Å². The molecule has 6 aromatic rings. The SMILES string of the molecule is Cc1ccc(OC(=O)c2ccc3nc4c5ccccc5c5ccccc5c4nc3c2)cc1. The molecule has 32 heavy (non-hydrogen) atoms. The highest BCUT2D eigenvalue weighted by atomic mass is 16.5. The number of hydrogen-bond acceptors (Lipinski definition) is 4. The number of hydrogen-bond donors (Lipinski definition) is 0. The lowest BCUT2D eigenvalue weighted by Gasteiger charge is -2.10. The highest BCUT2D eigenvalue weighted by Crippen LogP contribution is 2.34. The van der Waals surface area contributed by atoms with E-state index in [2.05, 4.69) is 24.3 Å². The van der Waals surface area contributed by atoms with Gasteiger partial charge in [-0.1, -0.05) is 66.2 Å². The van der Waals surface area contributed by atoms with Gasteiger partial charge >= 0.3 is 5.97 Å². The van der Waals surface area contributed by atoms with Crippen LogP contribution in [0.25, 0.3) is 43.6 Å². The van der Waals surface area contributed by atoms with Crippen molar-refractivity contribution in [2.75, 3.05) is 0 Å². The summed E-state index contributed by atoms with van der Waals surface area (Å²) in [5.41, 5.74) is 4.65. The Labute approximate surface area is 184 Å². The molecule has 0 aliphatic rings. The van der Waals surface area contributed by atoms with Crippen molar-refractivity contribution in [2.45, 2.75) is 6.92 Å². The summed E-state index contributed by atoms with van der Waals surface area (Å²) in [6, 6.07) is 29.2. The fourth-order valence-corrected chi connectivity index (χ4v) is 4.18. The molecule has 6 rings (SSSR count). The number of esters is 1. The van der Waals surface area contributed by atoms with Crippen LogP contribution in [-0.2, 0) is 0 Å². The summed E-state index contributed by atoms with van der Waals surface area (Å²) in [5.74, 6) is 0.101. The summed E-state index contributed by atoms with van der Waals surface area (Å²) in [7, 11) is 0. The molecule has 0 amide bonds. The van der Waals surface area contributed by atoms with Crippen molar-refractivity contribution in [1.82, 2.24) is 9.97 Å². The van der Waals surface area contributed by atoms with Gasteiger partial charge in [-0.25, -0.2) is 14.8 Å². The van der Waals surface area contributed by atoms with Crippen LogP contribution in [0.3, 0.4) is 0 Å². The van der Waals surface area contributed by atoms with Crippen LogP contribution in [0.4, 0.5) is 0 Å². The van der Waals surface area contributed by atoms with E-state index < -0.39 is 5.97 Å². The fourth-order valence-electron chi connectivity index (χ4n) is 4.18. The summed E-state index contributed by atoms with van der Waals surface area (Å²) < 4.78 is 5.53. The predicted octanol–water partition coefficient (Wildman–Crippen LogP) is 6.62. The number of ether oxygens (including phenoxy) is 1. The Morgan fingerprint density at radius 3 is 1.84 bits per heavy atom. The number of carbonyl (C=O) groups excluding carboxylic acids is 1. The highest BCUT2D eigenvalue weighted by Gasteiger charge is 2.14. The van der Waals surface area contributed by atoms with Crippen molar-refractivity contribution in [3.05, 3.63) is 102 Å². The molecule has 0 aliphatic carbocycles. The number of nitrogens with zero attached hydrogens (tertiary/aromatic N) is 2. The van der Waals surface area contributed by atoms with Gasteiger partial charge in [-0.2, -0.15) is 0 Å². The molecule has 152 valence electrons. The van der Waals surface area contributed by atoms with Crippen LogP contribution >= 0.6 is 0 Å². The number of aryl methyl sites for hydroxylation is 1. The molecule has 0 saturated carbocycles. The third kappa shape index (κ3) is 2.96. The van der Waals surface area contributed by atoms with E-state index in [1.165, 1.54) is 0 Å². The van der Waals surface area contributed by atoms with Gasteiger partial charge in [-0.15, -0.1) is 0 Å². The van der Waals surface area contributed by atoms with Gasteiger partial charge < -0.3 is 4.74 Å². The van der Waals surface area contributed by atoms with Gasteiger partial charge in [0.05, 0.1) is 27.6 Å². The molecule has 4 nitrogen and oxygen atoms in total. The van der Waals surface area contributed by atoms with E-state index in [1.54, 1.807) is 24.3 Å². The first kappa shape index (κ1) is 18.5. The molecule has 0 spiro atoms. The van der Waals surface area contributed by atoms with Crippen molar-refractivity contribution >= 4 is 49.6 Å². The van der Waals surface area contributed by atoms with E-state index in [0.29, 0.717) is 16.8 Å². The molecular weight excluding hydrogens is 396 g/mol. The second kappa shape index (κ2) is 7.13. The van der Waals surface area contributed by atoms with Gasteiger partial charge in [-0.3, -0.25) is 0 Å². The molecule has 0 unspecified atom stereocenters. The van der Waals surface area contributed by atoms with Gasteiger partial charge in [0.2, 0.25) is 0 Å². The first-order valence-electron chi connectivity index (χ1n) is 10.5. The van der Waals surface area contributed by atoms with Gasteiger partial charge in [-0.05, 0) is 48.0 Å². The maximum absolute atomic E-state index is 12.7. The fraction of sp³-hybridized carbons (Fsp3) is 0.0357. The first-order valence-corrected chi connectivity index (χ1v) is 10.5. The van der Waals surface area contributed by atoms with E-state index in [4.69, 9.17) is 14.7 Å². The van der Waals surface area contributed by atoms with Crippen LogP contribution in [0, 0.1) is 6.92 Å². The normalized spacial score (nSPS) is 11.4. The van der Waals surface area contributed by atoms with Crippen molar-refractivity contribution in [1.29, 1.82) is 0 Å². The van der Waals surface area contributed by atoms with Crippen molar-refractivity contribution in [3.63, 3.8) is 0 Å². The van der Waals surface area contributed by atoms with Crippen LogP contribution in [0.15, 0.2) is 91.0 Å². The maximum atomic E-state index is 12.7. The Hall–Kier alpha value is -4.31. The van der Waals surface area contributed by atoms with Crippen LogP contribution in [0.1, 0.15) is 15.9 Å². The average molecular weight is 414 g/mol. The van der Waals surface area contributed by atoms with Crippen LogP contribution in [0.2, 0.25) is 0 Å². The molecule has 0 aliphatic heterocycles. The van der Waals surface area contributed by atoms with Crippen molar-refractivity contribution < 1.29 is 9.53 Å². The number of aromatic nitrogens is 2. The summed E-state index contributed by atoms with van der Waals surface area (Å²) in [6.45, 7) is 1.99. The van der Waals surface area contributed by atoms with Gasteiger partial charge in [0.15, 0.2) is 0 Å². The molecule has 0 N–H and O–H groups in total. The smallest absolute Gasteiger partial charge is 0.343 e. The Balaban J connectivity index is 1.53. The topological polar surface area (TPSA) is 52.1 Å². The van der Waals surface area contributed by atoms with Gasteiger partial charge in [0.1, 0.15) is 5.75 Å². The lowest BCUT2D eigenvalue weighted by atomic mass is 9.99. The minimum atomic E-state index is -0.416. The standard InChI is InChI=1S/C28H18N2O2/c1-17-10-13-19(14-11-17)32-28(31)18-12-15-24-25(16-18)30-27-23-9-5-3-7-21(23)20-6-2-4-8-22(20)26(27)29-24/h2-16H,1H3. The molecule has 0 saturated heterocycles. The maximum Gasteiger partial charge on any atom is 0.343 e. The molecule has 0 radical (unpaired) electrons. The lowest BCUT2D eigenvalue weighted by Crippen LogP contribution is -2.08. The number of carbonyl (C=O) groups is 1.